The Bertz CT molecular complexity index is 661. The Morgan fingerprint density at radius 3 is 2.36 bits per heavy atom. The van der Waals surface area contributed by atoms with Crippen molar-refractivity contribution >= 4 is 15.9 Å². The summed E-state index contributed by atoms with van der Waals surface area (Å²) in [7, 11) is -3.14. The van der Waals surface area contributed by atoms with Crippen LogP contribution in [0.5, 0.6) is 0 Å². The molecule has 120 valence electrons. The van der Waals surface area contributed by atoms with Gasteiger partial charge in [-0.3, -0.25) is 4.90 Å². The van der Waals surface area contributed by atoms with Crippen LogP contribution >= 0.6 is 0 Å². The third-order valence-corrected chi connectivity index (χ3v) is 5.52. The largest absolute Gasteiger partial charge is 0.441 e. The van der Waals surface area contributed by atoms with E-state index in [0.29, 0.717) is 11.4 Å². The summed E-state index contributed by atoms with van der Waals surface area (Å²) in [5.41, 5.74) is 0.762. The molecular formula is C15H20N2O4S. The molecule has 0 radical (unpaired) electrons. The predicted octanol–water partition coefficient (Wildman–Crippen LogP) is 1.16. The smallest absolute Gasteiger partial charge is 0.407 e. The number of carbonyl (C=O) groups is 1. The highest BCUT2D eigenvalue weighted by molar-refractivity contribution is 7.90. The van der Waals surface area contributed by atoms with Gasteiger partial charge in [0.1, 0.15) is 5.60 Å². The number of alkyl carbamates (subject to hydrolysis) is 1. The lowest BCUT2D eigenvalue weighted by molar-refractivity contribution is -0.00102. The maximum atomic E-state index is 11.4. The van der Waals surface area contributed by atoms with Crippen LogP contribution in [0.1, 0.15) is 18.4 Å². The van der Waals surface area contributed by atoms with E-state index in [9.17, 15) is 13.2 Å². The lowest BCUT2D eigenvalue weighted by atomic mass is 9.91. The molecule has 1 amide bonds. The van der Waals surface area contributed by atoms with E-state index < -0.39 is 9.84 Å². The summed E-state index contributed by atoms with van der Waals surface area (Å²) in [6.07, 6.45) is 2.55. The third kappa shape index (κ3) is 3.25. The summed E-state index contributed by atoms with van der Waals surface area (Å²) in [4.78, 5) is 13.8. The number of benzene rings is 1. The summed E-state index contributed by atoms with van der Waals surface area (Å²) >= 11 is 0. The van der Waals surface area contributed by atoms with Crippen molar-refractivity contribution in [2.75, 3.05) is 25.9 Å². The normalized spacial score (nSPS) is 21.6. The number of amides is 1. The minimum Gasteiger partial charge on any atom is -0.441 e. The van der Waals surface area contributed by atoms with Gasteiger partial charge in [-0.1, -0.05) is 12.1 Å². The SMILES string of the molecule is CS(=O)(=O)c1ccc(CN2CCC3(CC2)CNC(=O)O3)cc1. The van der Waals surface area contributed by atoms with Gasteiger partial charge in [-0.15, -0.1) is 0 Å². The lowest BCUT2D eigenvalue weighted by Gasteiger charge is -2.37. The van der Waals surface area contributed by atoms with Crippen molar-refractivity contribution in [1.29, 1.82) is 0 Å². The van der Waals surface area contributed by atoms with E-state index >= 15 is 0 Å². The number of piperidine rings is 1. The first-order valence-corrected chi connectivity index (χ1v) is 9.24. The van der Waals surface area contributed by atoms with Crippen molar-refractivity contribution in [3.63, 3.8) is 0 Å². The van der Waals surface area contributed by atoms with Crippen molar-refractivity contribution in [1.82, 2.24) is 10.2 Å². The number of hydrogen-bond donors (Lipinski definition) is 1. The molecule has 1 N–H and O–H groups in total. The van der Waals surface area contributed by atoms with E-state index in [0.717, 1.165) is 38.0 Å². The van der Waals surface area contributed by atoms with Crippen LogP contribution in [0.4, 0.5) is 4.79 Å². The molecule has 1 aromatic rings. The number of carbonyl (C=O) groups excluding carboxylic acids is 1. The number of sulfone groups is 1. The summed E-state index contributed by atoms with van der Waals surface area (Å²) in [6.45, 7) is 3.11. The molecule has 2 aliphatic rings. The molecule has 0 saturated carbocycles. The van der Waals surface area contributed by atoms with Crippen LogP contribution in [0, 0.1) is 0 Å². The first kappa shape index (κ1) is 15.3. The number of nitrogens with zero attached hydrogens (tertiary/aromatic N) is 1. The Kier molecular flexibility index (Phi) is 3.86. The maximum Gasteiger partial charge on any atom is 0.407 e. The Labute approximate surface area is 130 Å². The van der Waals surface area contributed by atoms with Crippen LogP contribution in [0.2, 0.25) is 0 Å². The molecule has 0 atom stereocenters. The Balaban J connectivity index is 1.58. The average Bonchev–Trinajstić information content (AvgIpc) is 2.83. The number of nitrogens with one attached hydrogen (secondary N) is 1. The molecule has 0 aromatic heterocycles. The Morgan fingerprint density at radius 1 is 1.23 bits per heavy atom. The lowest BCUT2D eigenvalue weighted by Crippen LogP contribution is -2.46. The fourth-order valence-corrected chi connectivity index (χ4v) is 3.63. The molecule has 2 heterocycles. The van der Waals surface area contributed by atoms with E-state index in [1.807, 2.05) is 12.1 Å². The molecule has 2 saturated heterocycles. The van der Waals surface area contributed by atoms with Gasteiger partial charge >= 0.3 is 6.09 Å². The Hall–Kier alpha value is -1.60. The second kappa shape index (κ2) is 5.55. The van der Waals surface area contributed by atoms with Crippen molar-refractivity contribution in [2.24, 2.45) is 0 Å². The maximum absolute atomic E-state index is 11.4. The topological polar surface area (TPSA) is 75.7 Å². The van der Waals surface area contributed by atoms with Gasteiger partial charge < -0.3 is 10.1 Å². The average molecular weight is 324 g/mol. The monoisotopic (exact) mass is 324 g/mol. The van der Waals surface area contributed by atoms with E-state index in [-0.39, 0.29) is 11.7 Å². The quantitative estimate of drug-likeness (QED) is 0.903. The number of rotatable bonds is 3. The first-order valence-electron chi connectivity index (χ1n) is 7.35. The van der Waals surface area contributed by atoms with Gasteiger partial charge in [0.2, 0.25) is 0 Å². The van der Waals surface area contributed by atoms with E-state index in [1.165, 1.54) is 6.26 Å². The van der Waals surface area contributed by atoms with E-state index in [4.69, 9.17) is 4.74 Å². The van der Waals surface area contributed by atoms with Gasteiger partial charge in [0.25, 0.3) is 0 Å². The van der Waals surface area contributed by atoms with Crippen LogP contribution in [0.3, 0.4) is 0 Å². The predicted molar refractivity (Wildman–Crippen MR) is 81.3 cm³/mol. The summed E-state index contributed by atoms with van der Waals surface area (Å²) in [5, 5.41) is 2.73. The molecular weight excluding hydrogens is 304 g/mol. The zero-order valence-electron chi connectivity index (χ0n) is 12.5. The standard InChI is InChI=1S/C15H20N2O4S/c1-22(19,20)13-4-2-12(3-5-13)10-17-8-6-15(7-9-17)11-16-14(18)21-15/h2-5H,6-11H2,1H3,(H,16,18). The number of ether oxygens (including phenoxy) is 1. The van der Waals surface area contributed by atoms with Crippen molar-refractivity contribution < 1.29 is 17.9 Å². The summed E-state index contributed by atoms with van der Waals surface area (Å²) in [6, 6.07) is 7.02. The van der Waals surface area contributed by atoms with Crippen molar-refractivity contribution in [2.45, 2.75) is 29.9 Å². The molecule has 1 aromatic carbocycles. The van der Waals surface area contributed by atoms with E-state index in [1.54, 1.807) is 12.1 Å². The zero-order chi connectivity index (χ0) is 15.8. The van der Waals surface area contributed by atoms with Gasteiger partial charge in [-0.05, 0) is 17.7 Å². The van der Waals surface area contributed by atoms with Crippen LogP contribution in [-0.2, 0) is 21.1 Å². The molecule has 0 bridgehead atoms. The first-order chi connectivity index (χ1) is 10.4. The highest BCUT2D eigenvalue weighted by Gasteiger charge is 2.42. The number of likely N-dealkylation sites (tertiary alicyclic amines) is 1. The van der Waals surface area contributed by atoms with Gasteiger partial charge in [0.15, 0.2) is 9.84 Å². The third-order valence-electron chi connectivity index (χ3n) is 4.39. The molecule has 2 fully saturated rings. The highest BCUT2D eigenvalue weighted by atomic mass is 32.2. The fourth-order valence-electron chi connectivity index (χ4n) is 3.00. The van der Waals surface area contributed by atoms with E-state index in [2.05, 4.69) is 10.2 Å². The molecule has 6 nitrogen and oxygen atoms in total. The molecule has 0 aliphatic carbocycles. The van der Waals surface area contributed by atoms with Gasteiger partial charge in [0.05, 0.1) is 11.4 Å². The van der Waals surface area contributed by atoms with Crippen LogP contribution in [0.15, 0.2) is 29.2 Å². The highest BCUT2D eigenvalue weighted by Crippen LogP contribution is 2.29. The molecule has 0 unspecified atom stereocenters. The molecule has 2 aliphatic heterocycles. The fraction of sp³-hybridized carbons (Fsp3) is 0.533. The van der Waals surface area contributed by atoms with Crippen molar-refractivity contribution in [3.8, 4) is 0 Å². The summed E-state index contributed by atoms with van der Waals surface area (Å²) < 4.78 is 28.3. The minimum absolute atomic E-state index is 0.315. The molecule has 7 heteroatoms. The van der Waals surface area contributed by atoms with Gasteiger partial charge in [-0.25, -0.2) is 13.2 Å². The number of hydrogen-bond acceptors (Lipinski definition) is 5. The van der Waals surface area contributed by atoms with Crippen molar-refractivity contribution in [3.05, 3.63) is 29.8 Å². The molecule has 22 heavy (non-hydrogen) atoms. The molecule has 1 spiro atoms. The second-order valence-corrected chi connectivity index (χ2v) is 8.13. The van der Waals surface area contributed by atoms with Crippen LogP contribution in [0.25, 0.3) is 0 Å². The van der Waals surface area contributed by atoms with Crippen LogP contribution in [-0.4, -0.2) is 50.9 Å². The molecule has 3 rings (SSSR count). The second-order valence-electron chi connectivity index (χ2n) is 6.12. The minimum atomic E-state index is -3.14. The van der Waals surface area contributed by atoms with Gasteiger partial charge in [0, 0.05) is 38.7 Å². The van der Waals surface area contributed by atoms with Gasteiger partial charge in [-0.2, -0.15) is 0 Å². The Morgan fingerprint density at radius 2 is 1.86 bits per heavy atom. The summed E-state index contributed by atoms with van der Waals surface area (Å²) in [5.74, 6) is 0. The van der Waals surface area contributed by atoms with Crippen LogP contribution < -0.4 is 5.32 Å². The zero-order valence-corrected chi connectivity index (χ0v) is 13.4.